The second kappa shape index (κ2) is 8.75. The van der Waals surface area contributed by atoms with E-state index in [0.717, 1.165) is 65.8 Å². The summed E-state index contributed by atoms with van der Waals surface area (Å²) in [5.74, 6) is 2.31. The Hall–Kier alpha value is -2.71. The van der Waals surface area contributed by atoms with Crippen LogP contribution in [0.5, 0.6) is 16.7 Å². The highest BCUT2D eigenvalue weighted by atomic mass is 32.1. The maximum atomic E-state index is 12.4. The number of benzene rings is 1. The molecule has 29 heavy (non-hydrogen) atoms. The van der Waals surface area contributed by atoms with Gasteiger partial charge in [0.25, 0.3) is 10.8 Å². The van der Waals surface area contributed by atoms with Crippen molar-refractivity contribution in [2.45, 2.75) is 39.3 Å². The number of aryl methyl sites for hydroxylation is 1. The van der Waals surface area contributed by atoms with Crippen LogP contribution in [0.25, 0.3) is 0 Å². The highest BCUT2D eigenvalue weighted by Crippen LogP contribution is 2.29. The topological polar surface area (TPSA) is 80.3 Å². The van der Waals surface area contributed by atoms with Crippen molar-refractivity contribution in [3.63, 3.8) is 0 Å². The summed E-state index contributed by atoms with van der Waals surface area (Å²) < 4.78 is 11.0. The van der Waals surface area contributed by atoms with Gasteiger partial charge in [-0.3, -0.25) is 9.69 Å². The number of rotatable bonds is 7. The first kappa shape index (κ1) is 19.6. The highest BCUT2D eigenvalue weighted by molar-refractivity contribution is 7.13. The monoisotopic (exact) mass is 412 g/mol. The Labute approximate surface area is 173 Å². The fourth-order valence-corrected chi connectivity index (χ4v) is 4.22. The van der Waals surface area contributed by atoms with Gasteiger partial charge in [0.15, 0.2) is 0 Å². The van der Waals surface area contributed by atoms with Crippen LogP contribution in [0.3, 0.4) is 0 Å². The molecule has 3 aromatic rings. The molecule has 0 bridgehead atoms. The molecule has 0 spiro atoms. The second-order valence-electron chi connectivity index (χ2n) is 7.02. The van der Waals surface area contributed by atoms with Gasteiger partial charge in [0.1, 0.15) is 17.3 Å². The number of hydrogen-bond acceptors (Lipinski definition) is 7. The lowest BCUT2D eigenvalue weighted by atomic mass is 10.1. The van der Waals surface area contributed by atoms with Crippen LogP contribution in [0.1, 0.15) is 35.3 Å². The standard InChI is InChI=1S/C21H24N4O3S/c1-3-4-19-23-18-9-10-25(13-17(18)20(26)24-19)12-16-11-22-21(29-16)28-15-7-5-14(27-2)6-8-15/h5-8,11H,3-4,9-10,12-13H2,1-2H3,(H,23,24,26). The van der Waals surface area contributed by atoms with E-state index >= 15 is 0 Å². The number of fused-ring (bicyclic) bond motifs is 1. The molecule has 0 saturated heterocycles. The third kappa shape index (κ3) is 4.65. The average molecular weight is 413 g/mol. The maximum Gasteiger partial charge on any atom is 0.278 e. The zero-order valence-electron chi connectivity index (χ0n) is 16.6. The number of aromatic nitrogens is 3. The van der Waals surface area contributed by atoms with Crippen molar-refractivity contribution in [1.82, 2.24) is 19.9 Å². The highest BCUT2D eigenvalue weighted by Gasteiger charge is 2.22. The van der Waals surface area contributed by atoms with E-state index in [1.54, 1.807) is 7.11 Å². The van der Waals surface area contributed by atoms with Crippen LogP contribution in [-0.2, 0) is 25.9 Å². The van der Waals surface area contributed by atoms with Gasteiger partial charge in [-0.15, -0.1) is 0 Å². The van der Waals surface area contributed by atoms with E-state index in [1.807, 2.05) is 30.5 Å². The van der Waals surface area contributed by atoms with Gasteiger partial charge in [-0.1, -0.05) is 18.3 Å². The predicted octanol–water partition coefficient (Wildman–Crippen LogP) is 3.54. The average Bonchev–Trinajstić information content (AvgIpc) is 3.16. The van der Waals surface area contributed by atoms with Crippen molar-refractivity contribution in [3.05, 3.63) is 62.8 Å². The third-order valence-corrected chi connectivity index (χ3v) is 5.72. The first-order chi connectivity index (χ1) is 14.1. The van der Waals surface area contributed by atoms with E-state index < -0.39 is 0 Å². The lowest BCUT2D eigenvalue weighted by Crippen LogP contribution is -2.35. The molecular formula is C21H24N4O3S. The smallest absolute Gasteiger partial charge is 0.278 e. The SMILES string of the molecule is CCCc1nc2c(c(=O)[nH]1)CN(Cc1cnc(Oc3ccc(OC)cc3)s1)CC2. The number of ether oxygens (including phenoxy) is 2. The Bertz CT molecular complexity index is 1030. The van der Waals surface area contributed by atoms with Gasteiger partial charge in [0.05, 0.1) is 18.4 Å². The fraction of sp³-hybridized carbons (Fsp3) is 0.381. The summed E-state index contributed by atoms with van der Waals surface area (Å²) >= 11 is 1.52. The van der Waals surface area contributed by atoms with Crippen LogP contribution in [0.15, 0.2) is 35.3 Å². The van der Waals surface area contributed by atoms with Crippen LogP contribution in [0.2, 0.25) is 0 Å². The molecule has 8 heteroatoms. The van der Waals surface area contributed by atoms with Crippen molar-refractivity contribution in [2.24, 2.45) is 0 Å². The molecule has 3 heterocycles. The molecule has 1 aliphatic heterocycles. The zero-order chi connectivity index (χ0) is 20.2. The van der Waals surface area contributed by atoms with Crippen LogP contribution >= 0.6 is 11.3 Å². The Morgan fingerprint density at radius 1 is 1.24 bits per heavy atom. The second-order valence-corrected chi connectivity index (χ2v) is 8.10. The lowest BCUT2D eigenvalue weighted by molar-refractivity contribution is 0.243. The minimum atomic E-state index is -0.00372. The molecule has 0 amide bonds. The van der Waals surface area contributed by atoms with Crippen LogP contribution in [0, 0.1) is 0 Å². The number of nitrogens with one attached hydrogen (secondary N) is 1. The van der Waals surface area contributed by atoms with Gasteiger partial charge in [0.2, 0.25) is 0 Å². The zero-order valence-corrected chi connectivity index (χ0v) is 17.4. The molecule has 0 aliphatic carbocycles. The van der Waals surface area contributed by atoms with Crippen molar-refractivity contribution >= 4 is 11.3 Å². The van der Waals surface area contributed by atoms with E-state index in [0.29, 0.717) is 11.7 Å². The fourth-order valence-electron chi connectivity index (χ4n) is 3.40. The molecule has 4 rings (SSSR count). The molecule has 0 radical (unpaired) electrons. The van der Waals surface area contributed by atoms with Crippen LogP contribution < -0.4 is 15.0 Å². The third-order valence-electron chi connectivity index (χ3n) is 4.86. The normalized spacial score (nSPS) is 13.9. The molecule has 0 unspecified atom stereocenters. The van der Waals surface area contributed by atoms with Gasteiger partial charge < -0.3 is 14.5 Å². The number of nitrogens with zero attached hydrogens (tertiary/aromatic N) is 3. The minimum Gasteiger partial charge on any atom is -0.497 e. The molecular weight excluding hydrogens is 388 g/mol. The predicted molar refractivity (Wildman–Crippen MR) is 112 cm³/mol. The van der Waals surface area contributed by atoms with Crippen molar-refractivity contribution in [1.29, 1.82) is 0 Å². The number of H-pyrrole nitrogens is 1. The summed E-state index contributed by atoms with van der Waals surface area (Å²) in [5, 5.41) is 0.603. The van der Waals surface area contributed by atoms with E-state index in [4.69, 9.17) is 9.47 Å². The van der Waals surface area contributed by atoms with E-state index in [-0.39, 0.29) is 5.56 Å². The molecule has 1 aliphatic rings. The molecule has 0 fully saturated rings. The molecule has 0 saturated carbocycles. The number of hydrogen-bond donors (Lipinski definition) is 1. The summed E-state index contributed by atoms with van der Waals surface area (Å²) in [5.41, 5.74) is 1.73. The van der Waals surface area contributed by atoms with Gasteiger partial charge >= 0.3 is 0 Å². The summed E-state index contributed by atoms with van der Waals surface area (Å²) in [7, 11) is 1.63. The minimum absolute atomic E-state index is 0.00372. The molecule has 1 aromatic carbocycles. The van der Waals surface area contributed by atoms with Gasteiger partial charge in [0, 0.05) is 43.5 Å². The molecule has 1 N–H and O–H groups in total. The summed E-state index contributed by atoms with van der Waals surface area (Å²) in [6.45, 7) is 4.31. The van der Waals surface area contributed by atoms with Gasteiger partial charge in [-0.05, 0) is 30.7 Å². The van der Waals surface area contributed by atoms with Gasteiger partial charge in [-0.2, -0.15) is 0 Å². The first-order valence-corrected chi connectivity index (χ1v) is 10.6. The van der Waals surface area contributed by atoms with E-state index in [9.17, 15) is 4.79 Å². The number of aromatic amines is 1. The van der Waals surface area contributed by atoms with E-state index in [2.05, 4.69) is 26.8 Å². The maximum absolute atomic E-state index is 12.4. The molecule has 0 atom stereocenters. The first-order valence-electron chi connectivity index (χ1n) is 9.74. The number of methoxy groups -OCH3 is 1. The largest absolute Gasteiger partial charge is 0.497 e. The Balaban J connectivity index is 1.40. The van der Waals surface area contributed by atoms with Crippen molar-refractivity contribution < 1.29 is 9.47 Å². The summed E-state index contributed by atoms with van der Waals surface area (Å²) in [6.07, 6.45) is 4.42. The lowest BCUT2D eigenvalue weighted by Gasteiger charge is -2.27. The van der Waals surface area contributed by atoms with Crippen LogP contribution in [-0.4, -0.2) is 33.5 Å². The summed E-state index contributed by atoms with van der Waals surface area (Å²) in [6, 6.07) is 7.42. The quantitative estimate of drug-likeness (QED) is 0.639. The van der Waals surface area contributed by atoms with E-state index in [1.165, 1.54) is 11.3 Å². The van der Waals surface area contributed by atoms with Crippen LogP contribution in [0.4, 0.5) is 0 Å². The molecule has 2 aromatic heterocycles. The molecule has 152 valence electrons. The van der Waals surface area contributed by atoms with Crippen molar-refractivity contribution in [3.8, 4) is 16.7 Å². The Morgan fingerprint density at radius 3 is 2.79 bits per heavy atom. The Kier molecular flexibility index (Phi) is 5.92. The van der Waals surface area contributed by atoms with Gasteiger partial charge in [-0.25, -0.2) is 9.97 Å². The van der Waals surface area contributed by atoms with Crippen molar-refractivity contribution in [2.75, 3.05) is 13.7 Å². The summed E-state index contributed by atoms with van der Waals surface area (Å²) in [4.78, 5) is 27.8. The molecule has 7 nitrogen and oxygen atoms in total. The Morgan fingerprint density at radius 2 is 2.03 bits per heavy atom. The number of thiazole rings is 1.